The number of pyridine rings is 1. The molecule has 7 nitrogen and oxygen atoms in total. The maximum Gasteiger partial charge on any atom is 0.325 e. The van der Waals surface area contributed by atoms with E-state index in [2.05, 4.69) is 10.3 Å². The number of hydrogen-bond acceptors (Lipinski definition) is 4. The third-order valence-corrected chi connectivity index (χ3v) is 5.68. The third kappa shape index (κ3) is 2.22. The molecule has 1 saturated heterocycles. The Morgan fingerprint density at radius 2 is 1.93 bits per heavy atom. The molecular formula is C21H18N4O3. The van der Waals surface area contributed by atoms with Gasteiger partial charge < -0.3 is 5.32 Å². The van der Waals surface area contributed by atoms with Crippen LogP contribution in [0.2, 0.25) is 0 Å². The van der Waals surface area contributed by atoms with Gasteiger partial charge in [-0.3, -0.25) is 18.9 Å². The summed E-state index contributed by atoms with van der Waals surface area (Å²) in [6.45, 7) is 1.79. The van der Waals surface area contributed by atoms with Crippen LogP contribution in [0.25, 0.3) is 5.65 Å². The predicted octanol–water partition coefficient (Wildman–Crippen LogP) is 1.90. The Morgan fingerprint density at radius 3 is 2.79 bits per heavy atom. The van der Waals surface area contributed by atoms with Gasteiger partial charge in [0.1, 0.15) is 11.2 Å². The monoisotopic (exact) mass is 374 g/mol. The number of urea groups is 1. The molecule has 3 amide bonds. The predicted molar refractivity (Wildman–Crippen MR) is 102 cm³/mol. The molecule has 2 aliphatic rings. The number of imide groups is 1. The fourth-order valence-corrected chi connectivity index (χ4v) is 4.34. The second-order valence-electron chi connectivity index (χ2n) is 7.33. The van der Waals surface area contributed by atoms with Crippen LogP contribution in [0.1, 0.15) is 28.9 Å². The summed E-state index contributed by atoms with van der Waals surface area (Å²) in [6, 6.07) is 14.0. The van der Waals surface area contributed by atoms with Gasteiger partial charge in [-0.05, 0) is 43.0 Å². The smallest absolute Gasteiger partial charge is 0.319 e. The molecule has 7 heteroatoms. The van der Waals surface area contributed by atoms with Crippen molar-refractivity contribution in [3.63, 3.8) is 0 Å². The lowest BCUT2D eigenvalue weighted by Gasteiger charge is -2.22. The molecular weight excluding hydrogens is 356 g/mol. The van der Waals surface area contributed by atoms with Gasteiger partial charge >= 0.3 is 6.03 Å². The first-order valence-corrected chi connectivity index (χ1v) is 9.20. The number of nitrogens with one attached hydrogen (secondary N) is 1. The molecule has 1 N–H and O–H groups in total. The summed E-state index contributed by atoms with van der Waals surface area (Å²) < 4.78 is 1.50. The molecule has 1 atom stereocenters. The highest BCUT2D eigenvalue weighted by Gasteiger charge is 2.55. The molecule has 0 radical (unpaired) electrons. The summed E-state index contributed by atoms with van der Waals surface area (Å²) in [4.78, 5) is 44.0. The number of amides is 3. The van der Waals surface area contributed by atoms with Crippen molar-refractivity contribution >= 4 is 17.6 Å². The third-order valence-electron chi connectivity index (χ3n) is 5.68. The Bertz CT molecular complexity index is 1220. The topological polar surface area (TPSA) is 83.8 Å². The Kier molecular flexibility index (Phi) is 3.43. The van der Waals surface area contributed by atoms with Gasteiger partial charge in [-0.1, -0.05) is 30.3 Å². The lowest BCUT2D eigenvalue weighted by atomic mass is 9.92. The summed E-state index contributed by atoms with van der Waals surface area (Å²) in [5, 5.41) is 2.89. The van der Waals surface area contributed by atoms with Crippen molar-refractivity contribution in [2.75, 3.05) is 0 Å². The Labute approximate surface area is 160 Å². The summed E-state index contributed by atoms with van der Waals surface area (Å²) in [6.07, 6.45) is 1.28. The molecule has 140 valence electrons. The van der Waals surface area contributed by atoms with Gasteiger partial charge in [0.05, 0.1) is 12.2 Å². The molecule has 28 heavy (non-hydrogen) atoms. The van der Waals surface area contributed by atoms with Gasteiger partial charge in [-0.15, -0.1) is 0 Å². The number of rotatable bonds is 2. The van der Waals surface area contributed by atoms with Crippen LogP contribution < -0.4 is 10.9 Å². The van der Waals surface area contributed by atoms with Gasteiger partial charge in [0, 0.05) is 11.8 Å². The number of fused-ring (bicyclic) bond motifs is 3. The van der Waals surface area contributed by atoms with Crippen molar-refractivity contribution in [3.05, 3.63) is 81.4 Å². The van der Waals surface area contributed by atoms with Crippen molar-refractivity contribution in [3.8, 4) is 0 Å². The van der Waals surface area contributed by atoms with Gasteiger partial charge in [0.25, 0.3) is 11.5 Å². The Hall–Kier alpha value is -3.48. The molecule has 3 heterocycles. The molecule has 1 fully saturated rings. The highest BCUT2D eigenvalue weighted by atomic mass is 16.2. The molecule has 1 unspecified atom stereocenters. The van der Waals surface area contributed by atoms with Crippen molar-refractivity contribution < 1.29 is 9.59 Å². The minimum absolute atomic E-state index is 0.0335. The van der Waals surface area contributed by atoms with Crippen molar-refractivity contribution in [2.45, 2.75) is 31.8 Å². The molecule has 0 bridgehead atoms. The Balaban J connectivity index is 1.52. The molecule has 1 aromatic carbocycles. The molecule has 1 spiro atoms. The van der Waals surface area contributed by atoms with Gasteiger partial charge in [-0.25, -0.2) is 9.78 Å². The lowest BCUT2D eigenvalue weighted by molar-refractivity contribution is -0.132. The fraction of sp³-hybridized carbons (Fsp3) is 0.238. The number of carbonyl (C=O) groups is 2. The molecule has 3 aromatic rings. The maximum atomic E-state index is 13.2. The highest BCUT2D eigenvalue weighted by Crippen LogP contribution is 2.41. The fourth-order valence-electron chi connectivity index (χ4n) is 4.34. The van der Waals surface area contributed by atoms with E-state index in [1.165, 1.54) is 10.5 Å². The first kappa shape index (κ1) is 16.7. The van der Waals surface area contributed by atoms with E-state index in [9.17, 15) is 14.4 Å². The number of aromatic nitrogens is 2. The first-order valence-electron chi connectivity index (χ1n) is 9.20. The normalized spacial score (nSPS) is 20.8. The number of hydrogen-bond donors (Lipinski definition) is 1. The molecule has 1 aliphatic heterocycles. The number of aryl methyl sites for hydroxylation is 2. The van der Waals surface area contributed by atoms with E-state index in [1.807, 2.05) is 43.3 Å². The maximum absolute atomic E-state index is 13.2. The zero-order valence-electron chi connectivity index (χ0n) is 15.3. The van der Waals surface area contributed by atoms with Gasteiger partial charge in [-0.2, -0.15) is 0 Å². The molecule has 0 saturated carbocycles. The van der Waals surface area contributed by atoms with E-state index >= 15 is 0 Å². The SMILES string of the molecule is Cc1cccc2nc(CN3C(=O)NC4(CCc5ccccc54)C3=O)cc(=O)n12. The summed E-state index contributed by atoms with van der Waals surface area (Å²) in [5.41, 5.74) is 2.37. The van der Waals surface area contributed by atoms with Gasteiger partial charge in [0.2, 0.25) is 0 Å². The standard InChI is InChI=1S/C21H18N4O3/c1-13-5-4-8-17-22-15(11-18(26)25(13)17)12-24-19(27)21(23-20(24)28)10-9-14-6-2-3-7-16(14)21/h2-8,11H,9-10,12H2,1H3,(H,23,28). The summed E-state index contributed by atoms with van der Waals surface area (Å²) >= 11 is 0. The van der Waals surface area contributed by atoms with Gasteiger partial charge in [0.15, 0.2) is 0 Å². The van der Waals surface area contributed by atoms with E-state index in [-0.39, 0.29) is 18.0 Å². The van der Waals surface area contributed by atoms with Crippen molar-refractivity contribution in [2.24, 2.45) is 0 Å². The molecule has 1 aliphatic carbocycles. The minimum atomic E-state index is -1.00. The van der Waals surface area contributed by atoms with Crippen LogP contribution in [0.15, 0.2) is 53.3 Å². The quantitative estimate of drug-likeness (QED) is 0.695. The van der Waals surface area contributed by atoms with E-state index in [4.69, 9.17) is 0 Å². The molecule has 2 aromatic heterocycles. The van der Waals surface area contributed by atoms with Crippen LogP contribution in [-0.2, 0) is 23.3 Å². The first-order chi connectivity index (χ1) is 13.5. The zero-order valence-corrected chi connectivity index (χ0v) is 15.3. The average Bonchev–Trinajstić information content (AvgIpc) is 3.15. The van der Waals surface area contributed by atoms with Crippen molar-refractivity contribution in [1.82, 2.24) is 19.6 Å². The largest absolute Gasteiger partial charge is 0.325 e. The van der Waals surface area contributed by atoms with Crippen LogP contribution >= 0.6 is 0 Å². The highest BCUT2D eigenvalue weighted by molar-refractivity contribution is 6.08. The van der Waals surface area contributed by atoms with Crippen LogP contribution in [0, 0.1) is 6.92 Å². The number of benzene rings is 1. The van der Waals surface area contributed by atoms with Crippen LogP contribution in [0.5, 0.6) is 0 Å². The second kappa shape index (κ2) is 5.76. The minimum Gasteiger partial charge on any atom is -0.319 e. The second-order valence-corrected chi connectivity index (χ2v) is 7.33. The number of nitrogens with zero attached hydrogens (tertiary/aromatic N) is 3. The summed E-state index contributed by atoms with van der Waals surface area (Å²) in [5.74, 6) is -0.284. The van der Waals surface area contributed by atoms with E-state index < -0.39 is 11.6 Å². The average molecular weight is 374 g/mol. The number of carbonyl (C=O) groups excluding carboxylic acids is 2. The van der Waals surface area contributed by atoms with Crippen LogP contribution in [0.3, 0.4) is 0 Å². The van der Waals surface area contributed by atoms with Crippen LogP contribution in [-0.4, -0.2) is 26.2 Å². The molecule has 5 rings (SSSR count). The van der Waals surface area contributed by atoms with E-state index in [0.717, 1.165) is 28.1 Å². The summed E-state index contributed by atoms with van der Waals surface area (Å²) in [7, 11) is 0. The lowest BCUT2D eigenvalue weighted by Crippen LogP contribution is -2.41. The van der Waals surface area contributed by atoms with E-state index in [1.54, 1.807) is 6.07 Å². The Morgan fingerprint density at radius 1 is 1.11 bits per heavy atom. The zero-order chi connectivity index (χ0) is 19.5. The van der Waals surface area contributed by atoms with E-state index in [0.29, 0.717) is 17.8 Å². The van der Waals surface area contributed by atoms with Crippen molar-refractivity contribution in [1.29, 1.82) is 0 Å². The van der Waals surface area contributed by atoms with Crippen LogP contribution in [0.4, 0.5) is 4.79 Å².